The number of rotatable bonds is 6. The summed E-state index contributed by atoms with van der Waals surface area (Å²) in [5.74, 6) is 0.0520. The molecule has 3 nitrogen and oxygen atoms in total. The molecule has 0 spiro atoms. The number of hydrogen-bond acceptors (Lipinski definition) is 2. The molecular weight excluding hydrogens is 202 g/mol. The molecule has 1 fully saturated rings. The van der Waals surface area contributed by atoms with Crippen molar-refractivity contribution >= 4 is 5.97 Å². The fraction of sp³-hybridized carbons (Fsp3) is 0.923. The van der Waals surface area contributed by atoms with Crippen LogP contribution in [0.4, 0.5) is 0 Å². The van der Waals surface area contributed by atoms with E-state index >= 15 is 0 Å². The van der Waals surface area contributed by atoms with Gasteiger partial charge in [0.05, 0.1) is 6.42 Å². The van der Waals surface area contributed by atoms with Gasteiger partial charge in [-0.2, -0.15) is 0 Å². The molecule has 0 aromatic heterocycles. The lowest BCUT2D eigenvalue weighted by Crippen LogP contribution is -2.31. The molecule has 0 bridgehead atoms. The predicted octanol–water partition coefficient (Wildman–Crippen LogP) is 2.79. The molecule has 0 saturated heterocycles. The largest absolute Gasteiger partial charge is 0.481 e. The smallest absolute Gasteiger partial charge is 0.304 e. The van der Waals surface area contributed by atoms with Gasteiger partial charge in [-0.05, 0) is 24.2 Å². The van der Waals surface area contributed by atoms with Crippen molar-refractivity contribution in [1.82, 2.24) is 0 Å². The molecular formula is C13H25NO2. The standard InChI is InChI=1S/C13H25NO2/c1-13(2,8-10-5-3-4-6-10)9-11(14)7-12(15)16/h10-11H,3-9,14H2,1-2H3,(H,15,16)/t11-/m1/s1. The zero-order valence-electron chi connectivity index (χ0n) is 10.5. The third-order valence-corrected chi connectivity index (χ3v) is 3.57. The third kappa shape index (κ3) is 4.97. The van der Waals surface area contributed by atoms with E-state index in [0.29, 0.717) is 0 Å². The summed E-state index contributed by atoms with van der Waals surface area (Å²) in [6.07, 6.45) is 7.52. The Morgan fingerprint density at radius 2 is 2.00 bits per heavy atom. The minimum absolute atomic E-state index is 0.0914. The fourth-order valence-corrected chi connectivity index (χ4v) is 3.09. The molecule has 1 saturated carbocycles. The summed E-state index contributed by atoms with van der Waals surface area (Å²) in [5.41, 5.74) is 6.04. The Bertz CT molecular complexity index is 232. The normalized spacial score (nSPS) is 19.9. The van der Waals surface area contributed by atoms with Crippen LogP contribution in [0, 0.1) is 11.3 Å². The molecule has 0 aliphatic heterocycles. The quantitative estimate of drug-likeness (QED) is 0.733. The molecule has 0 aromatic rings. The first-order valence-electron chi connectivity index (χ1n) is 6.36. The van der Waals surface area contributed by atoms with E-state index in [1.165, 1.54) is 32.1 Å². The van der Waals surface area contributed by atoms with Gasteiger partial charge in [-0.25, -0.2) is 0 Å². The van der Waals surface area contributed by atoms with Gasteiger partial charge in [0.1, 0.15) is 0 Å². The molecule has 3 heteroatoms. The lowest BCUT2D eigenvalue weighted by Gasteiger charge is -2.30. The van der Waals surface area contributed by atoms with E-state index in [4.69, 9.17) is 10.8 Å². The second kappa shape index (κ2) is 5.67. The molecule has 0 unspecified atom stereocenters. The number of aliphatic carboxylic acids is 1. The highest BCUT2D eigenvalue weighted by atomic mass is 16.4. The van der Waals surface area contributed by atoms with E-state index in [1.54, 1.807) is 0 Å². The summed E-state index contributed by atoms with van der Waals surface area (Å²) >= 11 is 0. The van der Waals surface area contributed by atoms with Crippen molar-refractivity contribution in [2.45, 2.75) is 64.8 Å². The average Bonchev–Trinajstić information content (AvgIpc) is 2.51. The summed E-state index contributed by atoms with van der Waals surface area (Å²) in [7, 11) is 0. The Morgan fingerprint density at radius 1 is 1.44 bits per heavy atom. The van der Waals surface area contributed by atoms with E-state index in [-0.39, 0.29) is 17.9 Å². The number of carboxylic acids is 1. The van der Waals surface area contributed by atoms with Crippen LogP contribution in [0.15, 0.2) is 0 Å². The second-order valence-electron chi connectivity index (χ2n) is 6.08. The summed E-state index contributed by atoms with van der Waals surface area (Å²) in [5, 5.41) is 8.68. The molecule has 16 heavy (non-hydrogen) atoms. The van der Waals surface area contributed by atoms with Gasteiger partial charge >= 0.3 is 5.97 Å². The third-order valence-electron chi connectivity index (χ3n) is 3.57. The number of nitrogens with two attached hydrogens (primary N) is 1. The Hall–Kier alpha value is -0.570. The molecule has 1 aliphatic rings. The maximum atomic E-state index is 10.6. The second-order valence-corrected chi connectivity index (χ2v) is 6.08. The molecule has 3 N–H and O–H groups in total. The van der Waals surface area contributed by atoms with Crippen molar-refractivity contribution in [3.05, 3.63) is 0 Å². The van der Waals surface area contributed by atoms with Crippen LogP contribution in [0.1, 0.15) is 58.8 Å². The summed E-state index contributed by atoms with van der Waals surface area (Å²) < 4.78 is 0. The van der Waals surface area contributed by atoms with E-state index in [1.807, 2.05) is 0 Å². The molecule has 94 valence electrons. The van der Waals surface area contributed by atoms with Crippen LogP contribution in [0.2, 0.25) is 0 Å². The highest BCUT2D eigenvalue weighted by Gasteiger charge is 2.27. The van der Waals surface area contributed by atoms with Crippen LogP contribution >= 0.6 is 0 Å². The minimum atomic E-state index is -0.788. The maximum Gasteiger partial charge on any atom is 0.304 e. The Labute approximate surface area is 98.4 Å². The van der Waals surface area contributed by atoms with Gasteiger partial charge in [0, 0.05) is 6.04 Å². The topological polar surface area (TPSA) is 63.3 Å². The number of hydrogen-bond donors (Lipinski definition) is 2. The minimum Gasteiger partial charge on any atom is -0.481 e. The van der Waals surface area contributed by atoms with Crippen molar-refractivity contribution in [1.29, 1.82) is 0 Å². The molecule has 0 aromatic carbocycles. The Morgan fingerprint density at radius 3 is 2.50 bits per heavy atom. The summed E-state index contributed by atoms with van der Waals surface area (Å²) in [4.78, 5) is 10.6. The van der Waals surface area contributed by atoms with Crippen molar-refractivity contribution in [2.24, 2.45) is 17.1 Å². The molecule has 0 amide bonds. The van der Waals surface area contributed by atoms with Crippen LogP contribution in [0.3, 0.4) is 0 Å². The first-order chi connectivity index (χ1) is 7.39. The fourth-order valence-electron chi connectivity index (χ4n) is 3.09. The van der Waals surface area contributed by atoms with E-state index in [9.17, 15) is 4.79 Å². The van der Waals surface area contributed by atoms with E-state index < -0.39 is 5.97 Å². The molecule has 0 heterocycles. The van der Waals surface area contributed by atoms with Gasteiger partial charge in [-0.15, -0.1) is 0 Å². The van der Waals surface area contributed by atoms with Crippen LogP contribution in [0.5, 0.6) is 0 Å². The van der Waals surface area contributed by atoms with Crippen LogP contribution in [-0.4, -0.2) is 17.1 Å². The predicted molar refractivity (Wildman–Crippen MR) is 65.2 cm³/mol. The SMILES string of the molecule is CC(C)(CC1CCCC1)C[C@H](N)CC(=O)O. The van der Waals surface area contributed by atoms with Crippen molar-refractivity contribution < 1.29 is 9.90 Å². The molecule has 1 rings (SSSR count). The zero-order chi connectivity index (χ0) is 12.2. The van der Waals surface area contributed by atoms with Crippen molar-refractivity contribution in [3.8, 4) is 0 Å². The maximum absolute atomic E-state index is 10.6. The van der Waals surface area contributed by atoms with Gasteiger partial charge in [-0.3, -0.25) is 4.79 Å². The lowest BCUT2D eigenvalue weighted by molar-refractivity contribution is -0.137. The summed E-state index contributed by atoms with van der Waals surface area (Å²) in [6, 6.07) is -0.200. The van der Waals surface area contributed by atoms with E-state index in [0.717, 1.165) is 12.3 Å². The molecule has 1 aliphatic carbocycles. The van der Waals surface area contributed by atoms with Gasteiger partial charge in [0.2, 0.25) is 0 Å². The van der Waals surface area contributed by atoms with E-state index in [2.05, 4.69) is 13.8 Å². The average molecular weight is 227 g/mol. The first kappa shape index (κ1) is 13.5. The highest BCUT2D eigenvalue weighted by Crippen LogP contribution is 2.38. The number of carboxylic acid groups (broad SMARTS) is 1. The highest BCUT2D eigenvalue weighted by molar-refractivity contribution is 5.67. The number of carbonyl (C=O) groups is 1. The van der Waals surface area contributed by atoms with Crippen molar-refractivity contribution in [2.75, 3.05) is 0 Å². The Kier molecular flexibility index (Phi) is 4.78. The van der Waals surface area contributed by atoms with Crippen molar-refractivity contribution in [3.63, 3.8) is 0 Å². The monoisotopic (exact) mass is 227 g/mol. The summed E-state index contributed by atoms with van der Waals surface area (Å²) in [6.45, 7) is 4.43. The first-order valence-corrected chi connectivity index (χ1v) is 6.36. The zero-order valence-corrected chi connectivity index (χ0v) is 10.5. The Balaban J connectivity index is 2.34. The van der Waals surface area contributed by atoms with Gasteiger partial charge in [-0.1, -0.05) is 39.5 Å². The van der Waals surface area contributed by atoms with Gasteiger partial charge < -0.3 is 10.8 Å². The molecule has 1 atom stereocenters. The van der Waals surface area contributed by atoms with Crippen LogP contribution in [-0.2, 0) is 4.79 Å². The van der Waals surface area contributed by atoms with Crippen LogP contribution in [0.25, 0.3) is 0 Å². The van der Waals surface area contributed by atoms with Crippen LogP contribution < -0.4 is 5.73 Å². The van der Waals surface area contributed by atoms with Gasteiger partial charge in [0.25, 0.3) is 0 Å². The van der Waals surface area contributed by atoms with Gasteiger partial charge in [0.15, 0.2) is 0 Å². The lowest BCUT2D eigenvalue weighted by atomic mass is 9.77. The molecule has 0 radical (unpaired) electrons.